The number of fused-ring (bicyclic) bond motifs is 3. The van der Waals surface area contributed by atoms with Crippen LogP contribution in [0.3, 0.4) is 0 Å². The van der Waals surface area contributed by atoms with Gasteiger partial charge in [-0.1, -0.05) is 34.1 Å². The van der Waals surface area contributed by atoms with Crippen LogP contribution in [-0.4, -0.2) is 55.9 Å². The van der Waals surface area contributed by atoms with Crippen molar-refractivity contribution in [2.24, 2.45) is 17.6 Å². The molecule has 176 valence electrons. The number of rotatable bonds is 6. The molecule has 1 aromatic carbocycles. The van der Waals surface area contributed by atoms with Crippen LogP contribution in [0.5, 0.6) is 11.5 Å². The number of nitrogens with zero attached hydrogens (tertiary/aromatic N) is 1. The minimum atomic E-state index is -1.21. The van der Waals surface area contributed by atoms with Crippen molar-refractivity contribution < 1.29 is 24.1 Å². The van der Waals surface area contributed by atoms with Crippen LogP contribution in [0.4, 0.5) is 0 Å². The van der Waals surface area contributed by atoms with E-state index >= 15 is 0 Å². The summed E-state index contributed by atoms with van der Waals surface area (Å²) in [6.45, 7) is 9.82. The van der Waals surface area contributed by atoms with Gasteiger partial charge in [-0.15, -0.1) is 0 Å². The second-order valence-electron chi connectivity index (χ2n) is 8.91. The lowest BCUT2D eigenvalue weighted by molar-refractivity contribution is -0.203. The summed E-state index contributed by atoms with van der Waals surface area (Å²) in [7, 11) is 3.19. The first-order valence-electron chi connectivity index (χ1n) is 11.4. The lowest BCUT2D eigenvalue weighted by Gasteiger charge is -2.52. The molecule has 7 heteroatoms. The minimum Gasteiger partial charge on any atom is -0.493 e. The molecule has 7 nitrogen and oxygen atoms in total. The number of methoxy groups -OCH3 is 2. The summed E-state index contributed by atoms with van der Waals surface area (Å²) in [5, 5.41) is 11.7. The number of carbonyl (C=O) groups excluding carboxylic acids is 1. The number of ether oxygens (including phenoxy) is 3. The standard InChI is InChI=1S/C21H32N2O5.C3H8/c1-13(2)7-15-12-23-6-5-14-8-17(26-3)18(27-4)9-16(14)21(23,25)10-19(15)28-20(24)11-22;1-3-2/h8-9,13,15,19,25H,5-7,10-12,22H2,1-4H3;3H2,1-2H3. The van der Waals surface area contributed by atoms with Gasteiger partial charge in [0, 0.05) is 31.0 Å². The highest BCUT2D eigenvalue weighted by atomic mass is 16.5. The zero-order chi connectivity index (χ0) is 23.2. The quantitative estimate of drug-likeness (QED) is 0.662. The van der Waals surface area contributed by atoms with Crippen LogP contribution in [0, 0.1) is 11.8 Å². The Hall–Kier alpha value is -1.83. The van der Waals surface area contributed by atoms with Crippen molar-refractivity contribution in [3.63, 3.8) is 0 Å². The van der Waals surface area contributed by atoms with Gasteiger partial charge < -0.3 is 25.1 Å². The van der Waals surface area contributed by atoms with Crippen LogP contribution in [-0.2, 0) is 21.7 Å². The Morgan fingerprint density at radius 3 is 2.42 bits per heavy atom. The topological polar surface area (TPSA) is 94.2 Å². The number of benzene rings is 1. The maximum absolute atomic E-state index is 11.9. The molecule has 3 unspecified atom stereocenters. The monoisotopic (exact) mass is 436 g/mol. The summed E-state index contributed by atoms with van der Waals surface area (Å²) in [5.41, 5.74) is 6.09. The second kappa shape index (κ2) is 11.2. The van der Waals surface area contributed by atoms with Gasteiger partial charge in [0.2, 0.25) is 0 Å². The van der Waals surface area contributed by atoms with Crippen LogP contribution in [0.2, 0.25) is 0 Å². The zero-order valence-electron chi connectivity index (χ0n) is 19.9. The number of hydrogen-bond donors (Lipinski definition) is 2. The predicted octanol–water partition coefficient (Wildman–Crippen LogP) is 3.06. The van der Waals surface area contributed by atoms with E-state index < -0.39 is 11.7 Å². The average Bonchev–Trinajstić information content (AvgIpc) is 2.73. The maximum atomic E-state index is 11.9. The van der Waals surface area contributed by atoms with Crippen molar-refractivity contribution in [2.75, 3.05) is 33.9 Å². The second-order valence-corrected chi connectivity index (χ2v) is 8.91. The zero-order valence-corrected chi connectivity index (χ0v) is 19.9. The van der Waals surface area contributed by atoms with Gasteiger partial charge in [-0.25, -0.2) is 0 Å². The molecule has 1 saturated heterocycles. The van der Waals surface area contributed by atoms with E-state index in [-0.39, 0.29) is 18.6 Å². The number of hydrogen-bond acceptors (Lipinski definition) is 7. The van der Waals surface area contributed by atoms with Crippen molar-refractivity contribution in [1.82, 2.24) is 4.90 Å². The minimum absolute atomic E-state index is 0.158. The number of nitrogens with two attached hydrogens (primary N) is 1. The molecular formula is C24H40N2O5. The molecule has 2 heterocycles. The molecule has 2 aliphatic rings. The molecule has 0 saturated carbocycles. The summed E-state index contributed by atoms with van der Waals surface area (Å²) < 4.78 is 16.5. The van der Waals surface area contributed by atoms with E-state index in [4.69, 9.17) is 19.9 Å². The first-order valence-corrected chi connectivity index (χ1v) is 11.4. The molecule has 0 spiro atoms. The van der Waals surface area contributed by atoms with Gasteiger partial charge in [-0.3, -0.25) is 9.69 Å². The molecule has 2 aliphatic heterocycles. The van der Waals surface area contributed by atoms with Gasteiger partial charge in [-0.05, 0) is 36.5 Å². The Labute approximate surface area is 186 Å². The van der Waals surface area contributed by atoms with E-state index in [1.165, 1.54) is 6.42 Å². The highest BCUT2D eigenvalue weighted by Gasteiger charge is 2.50. The largest absolute Gasteiger partial charge is 0.493 e. The highest BCUT2D eigenvalue weighted by molar-refractivity contribution is 5.71. The van der Waals surface area contributed by atoms with Gasteiger partial charge in [0.1, 0.15) is 11.8 Å². The third-order valence-electron chi connectivity index (χ3n) is 5.91. The van der Waals surface area contributed by atoms with Crippen molar-refractivity contribution >= 4 is 5.97 Å². The average molecular weight is 437 g/mol. The van der Waals surface area contributed by atoms with E-state index in [9.17, 15) is 9.90 Å². The van der Waals surface area contributed by atoms with Gasteiger partial charge in [0.15, 0.2) is 11.5 Å². The fourth-order valence-electron chi connectivity index (χ4n) is 4.63. The number of carbonyl (C=O) groups is 1. The third-order valence-corrected chi connectivity index (χ3v) is 5.91. The summed E-state index contributed by atoms with van der Waals surface area (Å²) >= 11 is 0. The molecule has 31 heavy (non-hydrogen) atoms. The molecule has 0 amide bonds. The fraction of sp³-hybridized carbons (Fsp3) is 0.708. The van der Waals surface area contributed by atoms with Crippen LogP contribution in [0.15, 0.2) is 12.1 Å². The van der Waals surface area contributed by atoms with Gasteiger partial charge in [-0.2, -0.15) is 0 Å². The highest BCUT2D eigenvalue weighted by Crippen LogP contribution is 2.46. The van der Waals surface area contributed by atoms with Crippen molar-refractivity contribution in [3.05, 3.63) is 23.3 Å². The van der Waals surface area contributed by atoms with E-state index in [0.29, 0.717) is 30.4 Å². The molecule has 0 aromatic heterocycles. The van der Waals surface area contributed by atoms with Crippen LogP contribution < -0.4 is 15.2 Å². The molecule has 1 fully saturated rings. The molecule has 0 bridgehead atoms. The lowest BCUT2D eigenvalue weighted by atomic mass is 9.76. The first kappa shape index (κ1) is 25.4. The number of esters is 1. The molecule has 3 rings (SSSR count). The Bertz CT molecular complexity index is 739. The fourth-order valence-corrected chi connectivity index (χ4v) is 4.63. The normalized spacial score (nSPS) is 25.1. The van der Waals surface area contributed by atoms with Crippen LogP contribution in [0.25, 0.3) is 0 Å². The molecule has 3 atom stereocenters. The molecule has 3 N–H and O–H groups in total. The van der Waals surface area contributed by atoms with Gasteiger partial charge >= 0.3 is 5.97 Å². The molecular weight excluding hydrogens is 396 g/mol. The molecule has 0 aliphatic carbocycles. The van der Waals surface area contributed by atoms with Crippen molar-refractivity contribution in [1.29, 1.82) is 0 Å². The van der Waals surface area contributed by atoms with Crippen molar-refractivity contribution in [3.8, 4) is 11.5 Å². The smallest absolute Gasteiger partial charge is 0.319 e. The SMILES string of the molecule is CCC.COc1cc2c(cc1OC)C1(O)CC(OC(=O)CN)C(CC(C)C)CN1CC2. The molecule has 1 aromatic rings. The first-order chi connectivity index (χ1) is 14.7. The number of piperidine rings is 1. The molecule has 0 radical (unpaired) electrons. The Kier molecular flexibility index (Phi) is 9.15. The Morgan fingerprint density at radius 1 is 1.26 bits per heavy atom. The van der Waals surface area contributed by atoms with E-state index in [1.807, 2.05) is 12.1 Å². The van der Waals surface area contributed by atoms with Gasteiger partial charge in [0.05, 0.1) is 20.8 Å². The van der Waals surface area contributed by atoms with Crippen molar-refractivity contribution in [2.45, 2.75) is 65.2 Å². The summed E-state index contributed by atoms with van der Waals surface area (Å²) in [4.78, 5) is 14.0. The maximum Gasteiger partial charge on any atom is 0.319 e. The van der Waals surface area contributed by atoms with Gasteiger partial charge in [0.25, 0.3) is 0 Å². The van der Waals surface area contributed by atoms with Crippen LogP contribution in [0.1, 0.15) is 58.1 Å². The summed E-state index contributed by atoms with van der Waals surface area (Å²) in [6, 6.07) is 3.79. The van der Waals surface area contributed by atoms with E-state index in [0.717, 1.165) is 30.5 Å². The summed E-state index contributed by atoms with van der Waals surface area (Å²) in [6.07, 6.45) is 2.94. The van der Waals surface area contributed by atoms with E-state index in [1.54, 1.807) is 14.2 Å². The Morgan fingerprint density at radius 2 is 1.87 bits per heavy atom. The predicted molar refractivity (Wildman–Crippen MR) is 121 cm³/mol. The lowest BCUT2D eigenvalue weighted by Crippen LogP contribution is -2.60. The van der Waals surface area contributed by atoms with E-state index in [2.05, 4.69) is 32.6 Å². The Balaban J connectivity index is 0.00000107. The summed E-state index contributed by atoms with van der Waals surface area (Å²) in [5.74, 6) is 1.43. The van der Waals surface area contributed by atoms with Crippen LogP contribution >= 0.6 is 0 Å². The third kappa shape index (κ3) is 5.70. The number of aliphatic hydroxyl groups is 1.